The molecule has 0 aliphatic carbocycles. The Kier molecular flexibility index (Phi) is 8.14. The summed E-state index contributed by atoms with van der Waals surface area (Å²) >= 11 is 35.5. The van der Waals surface area contributed by atoms with Crippen molar-refractivity contribution in [3.05, 3.63) is 76.3 Å². The average molecular weight is 536 g/mol. The van der Waals surface area contributed by atoms with Gasteiger partial charge in [-0.15, -0.1) is 0 Å². The first-order valence-corrected chi connectivity index (χ1v) is 11.3. The Hall–Kier alpha value is -1.47. The lowest BCUT2D eigenvalue weighted by molar-refractivity contribution is -0.121. The van der Waals surface area contributed by atoms with Gasteiger partial charge in [-0.2, -0.15) is 0 Å². The van der Waals surface area contributed by atoms with E-state index < -0.39 is 9.96 Å². The third-order valence-electron chi connectivity index (χ3n) is 4.32. The van der Waals surface area contributed by atoms with Gasteiger partial charge in [0.25, 0.3) is 0 Å². The van der Waals surface area contributed by atoms with Gasteiger partial charge in [0.15, 0.2) is 5.11 Å². The van der Waals surface area contributed by atoms with Crippen LogP contribution in [-0.2, 0) is 11.2 Å². The number of halogens is 5. The van der Waals surface area contributed by atoms with Gasteiger partial charge in [0.05, 0.1) is 17.1 Å². The van der Waals surface area contributed by atoms with E-state index in [1.807, 2.05) is 42.5 Å². The third-order valence-corrected chi connectivity index (χ3v) is 5.74. The second-order valence-corrected chi connectivity index (χ2v) is 10.2. The highest BCUT2D eigenvalue weighted by Crippen LogP contribution is 2.30. The molecule has 0 fully saturated rings. The van der Waals surface area contributed by atoms with Crippen LogP contribution in [0.3, 0.4) is 0 Å². The Labute approximate surface area is 210 Å². The smallest absolute Gasteiger partial charge is 0.228 e. The number of hydrogen-bond acceptors (Lipinski definition) is 2. The molecule has 0 aromatic heterocycles. The van der Waals surface area contributed by atoms with Crippen LogP contribution >= 0.6 is 70.2 Å². The van der Waals surface area contributed by atoms with E-state index in [9.17, 15) is 4.79 Å². The van der Waals surface area contributed by atoms with Gasteiger partial charge in [0, 0.05) is 5.02 Å². The van der Waals surface area contributed by atoms with Crippen molar-refractivity contribution in [1.29, 1.82) is 0 Å². The molecule has 0 spiro atoms. The lowest BCUT2D eigenvalue weighted by Gasteiger charge is -2.28. The van der Waals surface area contributed by atoms with Crippen LogP contribution in [0.4, 0.5) is 5.69 Å². The Balaban J connectivity index is 1.69. The number of alkyl halides is 3. The van der Waals surface area contributed by atoms with Crippen molar-refractivity contribution in [2.45, 2.75) is 16.4 Å². The largest absolute Gasteiger partial charge is 0.339 e. The molecule has 1 amide bonds. The summed E-state index contributed by atoms with van der Waals surface area (Å²) in [6.07, 6.45) is -0.991. The Bertz CT molecular complexity index is 1110. The highest BCUT2D eigenvalue weighted by molar-refractivity contribution is 7.80. The van der Waals surface area contributed by atoms with Gasteiger partial charge in [-0.1, -0.05) is 100 Å². The topological polar surface area (TPSA) is 53.2 Å². The maximum Gasteiger partial charge on any atom is 0.228 e. The van der Waals surface area contributed by atoms with E-state index in [1.54, 1.807) is 18.2 Å². The minimum atomic E-state index is -1.87. The quantitative estimate of drug-likeness (QED) is 0.199. The van der Waals surface area contributed by atoms with Crippen molar-refractivity contribution in [3.63, 3.8) is 0 Å². The van der Waals surface area contributed by atoms with Crippen LogP contribution in [0.25, 0.3) is 10.8 Å². The molecule has 162 valence electrons. The van der Waals surface area contributed by atoms with Crippen molar-refractivity contribution >= 4 is 97.7 Å². The van der Waals surface area contributed by atoms with Crippen molar-refractivity contribution in [1.82, 2.24) is 10.6 Å². The third kappa shape index (κ3) is 6.75. The van der Waals surface area contributed by atoms with Gasteiger partial charge in [-0.3, -0.25) is 4.79 Å². The second-order valence-electron chi connectivity index (χ2n) is 6.58. The second kappa shape index (κ2) is 10.4. The van der Waals surface area contributed by atoms with Crippen molar-refractivity contribution in [2.75, 3.05) is 5.32 Å². The van der Waals surface area contributed by atoms with Crippen molar-refractivity contribution in [2.24, 2.45) is 0 Å². The number of amides is 1. The molecule has 0 saturated heterocycles. The number of hydrogen-bond donors (Lipinski definition) is 3. The van der Waals surface area contributed by atoms with Gasteiger partial charge < -0.3 is 16.0 Å². The maximum absolute atomic E-state index is 12.7. The van der Waals surface area contributed by atoms with Crippen LogP contribution in [0.5, 0.6) is 0 Å². The number of benzene rings is 3. The lowest BCUT2D eigenvalue weighted by atomic mass is 10.0. The van der Waals surface area contributed by atoms with Crippen LogP contribution in [0.15, 0.2) is 60.7 Å². The molecule has 0 aliphatic rings. The fourth-order valence-electron chi connectivity index (χ4n) is 2.91. The van der Waals surface area contributed by atoms with Crippen molar-refractivity contribution < 1.29 is 4.79 Å². The van der Waals surface area contributed by atoms with Crippen LogP contribution in [0.1, 0.15) is 5.56 Å². The van der Waals surface area contributed by atoms with E-state index in [-0.39, 0.29) is 17.4 Å². The summed E-state index contributed by atoms with van der Waals surface area (Å²) in [7, 11) is 0. The van der Waals surface area contributed by atoms with Gasteiger partial charge >= 0.3 is 0 Å². The van der Waals surface area contributed by atoms with Crippen LogP contribution in [0, 0.1) is 0 Å². The molecular weight excluding hydrogens is 520 g/mol. The van der Waals surface area contributed by atoms with Gasteiger partial charge in [0.1, 0.15) is 6.17 Å². The molecule has 3 N–H and O–H groups in total. The number of carbonyl (C=O) groups excluding carboxylic acids is 1. The first-order valence-electron chi connectivity index (χ1n) is 8.99. The van der Waals surface area contributed by atoms with Gasteiger partial charge in [-0.05, 0) is 46.8 Å². The van der Waals surface area contributed by atoms with E-state index in [1.165, 1.54) is 0 Å². The Morgan fingerprint density at radius 1 is 0.968 bits per heavy atom. The highest BCUT2D eigenvalue weighted by Gasteiger charge is 2.34. The monoisotopic (exact) mass is 533 g/mol. The molecular formula is C21H16Cl5N3OS. The summed E-state index contributed by atoms with van der Waals surface area (Å²) in [5, 5.41) is 11.3. The standard InChI is InChI=1S/C21H16Cl5N3OS/c22-14-8-9-17(16(23)11-14)27-20(31)29-19(21(24,25)26)28-18(30)10-13-6-3-5-12-4-1-2-7-15(12)13/h1-9,11,19H,10H2,(H,28,30)(H2,27,29,31). The molecule has 3 aromatic carbocycles. The summed E-state index contributed by atoms with van der Waals surface area (Å²) in [6, 6.07) is 18.4. The van der Waals surface area contributed by atoms with Crippen molar-refractivity contribution in [3.8, 4) is 0 Å². The summed E-state index contributed by atoms with van der Waals surface area (Å²) in [5.74, 6) is -0.340. The normalized spacial score (nSPS) is 12.3. The molecule has 0 radical (unpaired) electrons. The molecule has 10 heteroatoms. The highest BCUT2D eigenvalue weighted by atomic mass is 35.6. The number of anilines is 1. The Morgan fingerprint density at radius 2 is 1.68 bits per heavy atom. The summed E-state index contributed by atoms with van der Waals surface area (Å²) < 4.78 is -1.87. The predicted molar refractivity (Wildman–Crippen MR) is 136 cm³/mol. The number of rotatable bonds is 5. The van der Waals surface area contributed by atoms with E-state index >= 15 is 0 Å². The predicted octanol–water partition coefficient (Wildman–Crippen LogP) is 6.49. The minimum Gasteiger partial charge on any atom is -0.339 e. The van der Waals surface area contributed by atoms with Crippen LogP contribution in [-0.4, -0.2) is 21.0 Å². The first kappa shape index (κ1) is 24.2. The lowest BCUT2D eigenvalue weighted by Crippen LogP contribution is -2.56. The SMILES string of the molecule is O=C(Cc1cccc2ccccc12)NC(NC(=S)Nc1ccc(Cl)cc1Cl)C(Cl)(Cl)Cl. The number of fused-ring (bicyclic) bond motifs is 1. The average Bonchev–Trinajstić information content (AvgIpc) is 2.69. The van der Waals surface area contributed by atoms with E-state index in [0.29, 0.717) is 15.7 Å². The van der Waals surface area contributed by atoms with Crippen LogP contribution in [0.2, 0.25) is 10.0 Å². The van der Waals surface area contributed by atoms with E-state index in [0.717, 1.165) is 16.3 Å². The summed E-state index contributed by atoms with van der Waals surface area (Å²) in [4.78, 5) is 12.7. The molecule has 31 heavy (non-hydrogen) atoms. The first-order chi connectivity index (χ1) is 14.6. The zero-order valence-electron chi connectivity index (χ0n) is 15.8. The molecule has 0 heterocycles. The maximum atomic E-state index is 12.7. The van der Waals surface area contributed by atoms with Gasteiger partial charge in [0.2, 0.25) is 9.70 Å². The number of carbonyl (C=O) groups is 1. The molecule has 0 bridgehead atoms. The zero-order valence-corrected chi connectivity index (χ0v) is 20.4. The van der Waals surface area contributed by atoms with E-state index in [4.69, 9.17) is 70.2 Å². The molecule has 0 aliphatic heterocycles. The van der Waals surface area contributed by atoms with Gasteiger partial charge in [-0.25, -0.2) is 0 Å². The van der Waals surface area contributed by atoms with E-state index in [2.05, 4.69) is 16.0 Å². The molecule has 4 nitrogen and oxygen atoms in total. The summed E-state index contributed by atoms with van der Waals surface area (Å²) in [5.41, 5.74) is 1.36. The molecule has 1 atom stereocenters. The molecule has 1 unspecified atom stereocenters. The molecule has 3 aromatic rings. The van der Waals surface area contributed by atoms with Crippen LogP contribution < -0.4 is 16.0 Å². The number of thiocarbonyl (C=S) groups is 1. The minimum absolute atomic E-state index is 0.101. The Morgan fingerprint density at radius 3 is 2.39 bits per heavy atom. The fraction of sp³-hybridized carbons (Fsp3) is 0.143. The fourth-order valence-corrected chi connectivity index (χ4v) is 3.92. The summed E-state index contributed by atoms with van der Waals surface area (Å²) in [6.45, 7) is 0. The number of nitrogens with one attached hydrogen (secondary N) is 3. The zero-order chi connectivity index (χ0) is 22.6. The molecule has 0 saturated carbocycles. The molecule has 3 rings (SSSR count).